The van der Waals surface area contributed by atoms with Crippen LogP contribution in [-0.2, 0) is 0 Å². The lowest BCUT2D eigenvalue weighted by atomic mass is 10.3. The van der Waals surface area contributed by atoms with E-state index in [4.69, 9.17) is 4.74 Å². The predicted octanol–water partition coefficient (Wildman–Crippen LogP) is 3.35. The molecular formula is C15H19N5O3. The highest BCUT2D eigenvalue weighted by Gasteiger charge is 2.23. The van der Waals surface area contributed by atoms with Crippen molar-refractivity contribution in [3.8, 4) is 5.75 Å². The summed E-state index contributed by atoms with van der Waals surface area (Å²) in [6.45, 7) is 6.24. The standard InChI is InChI=1S/C15H19N5O3/c1-4-23-12-7-5-11(6-8-12)19-15-13(20(21)22)14(16-9-17-15)18-10(2)3/h5-10H,4H2,1-3H3,(H2,16,17,18,19). The van der Waals surface area contributed by atoms with Gasteiger partial charge in [-0.25, -0.2) is 9.97 Å². The Labute approximate surface area is 134 Å². The van der Waals surface area contributed by atoms with Gasteiger partial charge in [0.15, 0.2) is 0 Å². The summed E-state index contributed by atoms with van der Waals surface area (Å²) < 4.78 is 5.36. The number of benzene rings is 1. The molecule has 2 aromatic rings. The van der Waals surface area contributed by atoms with Gasteiger partial charge in [0.2, 0.25) is 11.6 Å². The number of nitrogens with one attached hydrogen (secondary N) is 2. The molecule has 0 aliphatic heterocycles. The third kappa shape index (κ3) is 4.29. The van der Waals surface area contributed by atoms with E-state index >= 15 is 0 Å². The van der Waals surface area contributed by atoms with Gasteiger partial charge in [-0.05, 0) is 45.0 Å². The van der Waals surface area contributed by atoms with Crippen LogP contribution in [0.2, 0.25) is 0 Å². The fourth-order valence-corrected chi connectivity index (χ4v) is 1.96. The molecular weight excluding hydrogens is 298 g/mol. The van der Waals surface area contributed by atoms with Gasteiger partial charge in [-0.1, -0.05) is 0 Å². The number of nitro groups is 1. The maximum atomic E-state index is 11.4. The molecule has 2 N–H and O–H groups in total. The largest absolute Gasteiger partial charge is 0.494 e. The second-order valence-electron chi connectivity index (χ2n) is 5.06. The van der Waals surface area contributed by atoms with E-state index in [1.807, 2.05) is 20.8 Å². The topological polar surface area (TPSA) is 102 Å². The molecule has 8 heteroatoms. The quantitative estimate of drug-likeness (QED) is 0.596. The molecule has 0 spiro atoms. The number of hydrogen-bond acceptors (Lipinski definition) is 7. The summed E-state index contributed by atoms with van der Waals surface area (Å²) in [4.78, 5) is 18.8. The van der Waals surface area contributed by atoms with Crippen molar-refractivity contribution in [3.63, 3.8) is 0 Å². The Morgan fingerprint density at radius 1 is 1.22 bits per heavy atom. The van der Waals surface area contributed by atoms with E-state index in [9.17, 15) is 10.1 Å². The van der Waals surface area contributed by atoms with Crippen molar-refractivity contribution >= 4 is 23.0 Å². The smallest absolute Gasteiger partial charge is 0.353 e. The lowest BCUT2D eigenvalue weighted by Gasteiger charge is -2.12. The molecule has 0 aliphatic carbocycles. The van der Waals surface area contributed by atoms with Crippen LogP contribution in [-0.4, -0.2) is 27.5 Å². The third-order valence-corrected chi connectivity index (χ3v) is 2.86. The molecule has 0 radical (unpaired) electrons. The van der Waals surface area contributed by atoms with Gasteiger partial charge in [-0.3, -0.25) is 10.1 Å². The molecule has 0 fully saturated rings. The molecule has 0 unspecified atom stereocenters. The molecule has 1 aromatic carbocycles. The van der Waals surface area contributed by atoms with Gasteiger partial charge >= 0.3 is 5.69 Å². The first kappa shape index (κ1) is 16.5. The monoisotopic (exact) mass is 317 g/mol. The van der Waals surface area contributed by atoms with Crippen LogP contribution in [0.4, 0.5) is 23.0 Å². The fourth-order valence-electron chi connectivity index (χ4n) is 1.96. The first-order chi connectivity index (χ1) is 11.0. The van der Waals surface area contributed by atoms with E-state index in [2.05, 4.69) is 20.6 Å². The average Bonchev–Trinajstić information content (AvgIpc) is 2.49. The Bertz CT molecular complexity index is 673. The van der Waals surface area contributed by atoms with Gasteiger partial charge in [0.1, 0.15) is 12.1 Å². The number of ether oxygens (including phenoxy) is 1. The van der Waals surface area contributed by atoms with E-state index in [1.54, 1.807) is 24.3 Å². The van der Waals surface area contributed by atoms with Crippen LogP contribution < -0.4 is 15.4 Å². The zero-order chi connectivity index (χ0) is 16.8. The normalized spacial score (nSPS) is 10.4. The maximum Gasteiger partial charge on any atom is 0.353 e. The lowest BCUT2D eigenvalue weighted by Crippen LogP contribution is -2.14. The molecule has 0 amide bonds. The second kappa shape index (κ2) is 7.39. The van der Waals surface area contributed by atoms with E-state index in [-0.39, 0.29) is 23.4 Å². The van der Waals surface area contributed by atoms with Crippen molar-refractivity contribution in [2.75, 3.05) is 17.2 Å². The van der Waals surface area contributed by atoms with Crippen LogP contribution in [0.5, 0.6) is 5.75 Å². The van der Waals surface area contributed by atoms with E-state index in [0.717, 1.165) is 5.75 Å². The second-order valence-corrected chi connectivity index (χ2v) is 5.06. The SMILES string of the molecule is CCOc1ccc(Nc2ncnc(NC(C)C)c2[N+](=O)[O-])cc1. The van der Waals surface area contributed by atoms with Crippen molar-refractivity contribution in [1.29, 1.82) is 0 Å². The zero-order valence-corrected chi connectivity index (χ0v) is 13.2. The lowest BCUT2D eigenvalue weighted by molar-refractivity contribution is -0.383. The Hall–Kier alpha value is -2.90. The summed E-state index contributed by atoms with van der Waals surface area (Å²) >= 11 is 0. The minimum Gasteiger partial charge on any atom is -0.494 e. The van der Waals surface area contributed by atoms with Crippen LogP contribution in [0.25, 0.3) is 0 Å². The summed E-state index contributed by atoms with van der Waals surface area (Å²) in [5.41, 5.74) is 0.487. The van der Waals surface area contributed by atoms with Crippen LogP contribution in [0.1, 0.15) is 20.8 Å². The van der Waals surface area contributed by atoms with Crippen molar-refractivity contribution in [3.05, 3.63) is 40.7 Å². The third-order valence-electron chi connectivity index (χ3n) is 2.86. The highest BCUT2D eigenvalue weighted by Crippen LogP contribution is 2.31. The molecule has 23 heavy (non-hydrogen) atoms. The summed E-state index contributed by atoms with van der Waals surface area (Å²) in [5.74, 6) is 1.06. The molecule has 0 aliphatic rings. The fraction of sp³-hybridized carbons (Fsp3) is 0.333. The zero-order valence-electron chi connectivity index (χ0n) is 13.2. The molecule has 2 rings (SSSR count). The molecule has 1 heterocycles. The number of rotatable bonds is 7. The Morgan fingerprint density at radius 3 is 2.43 bits per heavy atom. The molecule has 0 bridgehead atoms. The van der Waals surface area contributed by atoms with E-state index in [1.165, 1.54) is 6.33 Å². The highest BCUT2D eigenvalue weighted by molar-refractivity contribution is 5.73. The summed E-state index contributed by atoms with van der Waals surface area (Å²) in [7, 11) is 0. The predicted molar refractivity (Wildman–Crippen MR) is 88.3 cm³/mol. The first-order valence-electron chi connectivity index (χ1n) is 7.27. The number of aromatic nitrogens is 2. The average molecular weight is 317 g/mol. The molecule has 122 valence electrons. The van der Waals surface area contributed by atoms with Gasteiger partial charge in [0.05, 0.1) is 11.5 Å². The van der Waals surface area contributed by atoms with Crippen molar-refractivity contribution in [2.45, 2.75) is 26.8 Å². The van der Waals surface area contributed by atoms with Crippen molar-refractivity contribution < 1.29 is 9.66 Å². The minimum absolute atomic E-state index is 0.0157. The molecule has 0 saturated heterocycles. The summed E-state index contributed by atoms with van der Waals surface area (Å²) in [6.07, 6.45) is 1.29. The molecule has 0 saturated carbocycles. The van der Waals surface area contributed by atoms with Crippen LogP contribution in [0.15, 0.2) is 30.6 Å². The maximum absolute atomic E-state index is 11.4. The summed E-state index contributed by atoms with van der Waals surface area (Å²) in [6, 6.07) is 7.12. The Morgan fingerprint density at radius 2 is 1.87 bits per heavy atom. The van der Waals surface area contributed by atoms with Gasteiger partial charge in [0, 0.05) is 11.7 Å². The van der Waals surface area contributed by atoms with Gasteiger partial charge in [-0.2, -0.15) is 0 Å². The van der Waals surface area contributed by atoms with Crippen LogP contribution >= 0.6 is 0 Å². The van der Waals surface area contributed by atoms with Gasteiger partial charge in [-0.15, -0.1) is 0 Å². The molecule has 1 aromatic heterocycles. The Kier molecular flexibility index (Phi) is 5.29. The molecule has 0 atom stereocenters. The van der Waals surface area contributed by atoms with Crippen molar-refractivity contribution in [1.82, 2.24) is 9.97 Å². The Balaban J connectivity index is 2.29. The van der Waals surface area contributed by atoms with Crippen LogP contribution in [0, 0.1) is 10.1 Å². The number of hydrogen-bond donors (Lipinski definition) is 2. The first-order valence-corrected chi connectivity index (χ1v) is 7.27. The summed E-state index contributed by atoms with van der Waals surface area (Å²) in [5, 5.41) is 17.3. The van der Waals surface area contributed by atoms with E-state index < -0.39 is 4.92 Å². The van der Waals surface area contributed by atoms with Crippen molar-refractivity contribution in [2.24, 2.45) is 0 Å². The number of nitrogens with zero attached hydrogens (tertiary/aromatic N) is 3. The molecule has 8 nitrogen and oxygen atoms in total. The van der Waals surface area contributed by atoms with Gasteiger partial charge < -0.3 is 15.4 Å². The minimum atomic E-state index is -0.498. The van der Waals surface area contributed by atoms with Crippen LogP contribution in [0.3, 0.4) is 0 Å². The van der Waals surface area contributed by atoms with E-state index in [0.29, 0.717) is 12.3 Å². The van der Waals surface area contributed by atoms with Gasteiger partial charge in [0.25, 0.3) is 0 Å². The number of anilines is 3. The highest BCUT2D eigenvalue weighted by atomic mass is 16.6.